The van der Waals surface area contributed by atoms with Crippen LogP contribution in [-0.4, -0.2) is 30.0 Å². The summed E-state index contributed by atoms with van der Waals surface area (Å²) in [4.78, 5) is 21.0. The zero-order valence-electron chi connectivity index (χ0n) is 11.3. The number of rotatable bonds is 1. The molecule has 1 fully saturated rings. The van der Waals surface area contributed by atoms with Crippen LogP contribution in [0.3, 0.4) is 0 Å². The number of halogens is 1. The summed E-state index contributed by atoms with van der Waals surface area (Å²) in [5.74, 6) is 1.10. The molecule has 1 aromatic heterocycles. The van der Waals surface area contributed by atoms with Crippen molar-refractivity contribution in [3.8, 4) is 0 Å². The summed E-state index contributed by atoms with van der Waals surface area (Å²) in [6, 6.07) is 4.19. The summed E-state index contributed by atoms with van der Waals surface area (Å²) >= 11 is 3.44. The first-order valence-corrected chi connectivity index (χ1v) is 7.61. The Morgan fingerprint density at radius 1 is 1.32 bits per heavy atom. The Hall–Kier alpha value is -1.10. The molecule has 1 saturated carbocycles. The fourth-order valence-corrected chi connectivity index (χ4v) is 3.54. The number of carbonyl (C=O) groups is 1. The van der Waals surface area contributed by atoms with E-state index in [1.54, 1.807) is 4.90 Å². The van der Waals surface area contributed by atoms with Crippen molar-refractivity contribution in [2.75, 3.05) is 16.8 Å². The van der Waals surface area contributed by atoms with Gasteiger partial charge in [-0.3, -0.25) is 4.79 Å². The SMILES string of the molecule is CC1C(=O)N(C)c2ccc(Br)nc2N1C1CCCC1. The fourth-order valence-electron chi connectivity index (χ4n) is 3.24. The largest absolute Gasteiger partial charge is 0.340 e. The summed E-state index contributed by atoms with van der Waals surface area (Å²) in [7, 11) is 1.83. The van der Waals surface area contributed by atoms with Crippen LogP contribution in [-0.2, 0) is 4.79 Å². The summed E-state index contributed by atoms with van der Waals surface area (Å²) < 4.78 is 0.823. The van der Waals surface area contributed by atoms with Gasteiger partial charge < -0.3 is 9.80 Å². The van der Waals surface area contributed by atoms with Crippen molar-refractivity contribution in [2.45, 2.75) is 44.7 Å². The Balaban J connectivity index is 2.10. The molecule has 1 atom stereocenters. The second-order valence-electron chi connectivity index (χ2n) is 5.40. The van der Waals surface area contributed by atoms with Gasteiger partial charge in [0, 0.05) is 13.1 Å². The molecular formula is C14H18BrN3O. The first kappa shape index (κ1) is 12.9. The van der Waals surface area contributed by atoms with Crippen LogP contribution in [0.25, 0.3) is 0 Å². The molecule has 0 N–H and O–H groups in total. The lowest BCUT2D eigenvalue weighted by molar-refractivity contribution is -0.119. The van der Waals surface area contributed by atoms with Crippen LogP contribution in [0.15, 0.2) is 16.7 Å². The van der Waals surface area contributed by atoms with Crippen molar-refractivity contribution in [2.24, 2.45) is 0 Å². The Bertz CT molecular complexity index is 513. The standard InChI is InChI=1S/C14H18BrN3O/c1-9-14(19)17(2)11-7-8-12(15)16-13(11)18(9)10-5-3-4-6-10/h7-10H,3-6H2,1-2H3. The highest BCUT2D eigenvalue weighted by Gasteiger charge is 2.39. The minimum Gasteiger partial charge on any atom is -0.340 e. The molecule has 19 heavy (non-hydrogen) atoms. The number of likely N-dealkylation sites (N-methyl/N-ethyl adjacent to an activating group) is 1. The van der Waals surface area contributed by atoms with Crippen molar-refractivity contribution < 1.29 is 4.79 Å². The lowest BCUT2D eigenvalue weighted by atomic mass is 10.1. The maximum Gasteiger partial charge on any atom is 0.249 e. The van der Waals surface area contributed by atoms with Crippen LogP contribution < -0.4 is 9.80 Å². The first-order chi connectivity index (χ1) is 9.09. The summed E-state index contributed by atoms with van der Waals surface area (Å²) in [6.07, 6.45) is 4.83. The Labute approximate surface area is 121 Å². The second-order valence-corrected chi connectivity index (χ2v) is 6.21. The molecular weight excluding hydrogens is 306 g/mol. The van der Waals surface area contributed by atoms with Gasteiger partial charge in [0.2, 0.25) is 5.91 Å². The molecule has 3 rings (SSSR count). The molecule has 5 heteroatoms. The van der Waals surface area contributed by atoms with Crippen LogP contribution >= 0.6 is 15.9 Å². The van der Waals surface area contributed by atoms with Crippen LogP contribution in [0, 0.1) is 0 Å². The van der Waals surface area contributed by atoms with Gasteiger partial charge in [0.15, 0.2) is 5.82 Å². The highest BCUT2D eigenvalue weighted by atomic mass is 79.9. The van der Waals surface area contributed by atoms with Crippen LogP contribution in [0.4, 0.5) is 11.5 Å². The number of hydrogen-bond acceptors (Lipinski definition) is 3. The molecule has 102 valence electrons. The predicted molar refractivity (Wildman–Crippen MR) is 79.5 cm³/mol. The van der Waals surface area contributed by atoms with E-state index in [0.29, 0.717) is 6.04 Å². The predicted octanol–water partition coefficient (Wildman–Crippen LogP) is 2.96. The molecule has 1 aromatic rings. The topological polar surface area (TPSA) is 36.4 Å². The third kappa shape index (κ3) is 2.04. The number of anilines is 2. The highest BCUT2D eigenvalue weighted by Crippen LogP contribution is 2.39. The monoisotopic (exact) mass is 323 g/mol. The van der Waals surface area contributed by atoms with E-state index >= 15 is 0 Å². The normalized spacial score (nSPS) is 23.9. The number of pyridine rings is 1. The van der Waals surface area contributed by atoms with Gasteiger partial charge in [0.1, 0.15) is 10.6 Å². The Morgan fingerprint density at radius 2 is 2.00 bits per heavy atom. The maximum absolute atomic E-state index is 12.4. The third-order valence-corrected chi connectivity index (χ3v) is 4.69. The minimum absolute atomic E-state index is 0.123. The molecule has 1 aliphatic carbocycles. The van der Waals surface area contributed by atoms with E-state index in [1.807, 2.05) is 26.1 Å². The van der Waals surface area contributed by atoms with E-state index in [9.17, 15) is 4.79 Å². The van der Waals surface area contributed by atoms with Gasteiger partial charge in [0.25, 0.3) is 0 Å². The number of amides is 1. The smallest absolute Gasteiger partial charge is 0.249 e. The number of fused-ring (bicyclic) bond motifs is 1. The lowest BCUT2D eigenvalue weighted by Crippen LogP contribution is -2.54. The van der Waals surface area contributed by atoms with E-state index in [-0.39, 0.29) is 11.9 Å². The van der Waals surface area contributed by atoms with E-state index in [1.165, 1.54) is 12.8 Å². The maximum atomic E-state index is 12.4. The van der Waals surface area contributed by atoms with Crippen molar-refractivity contribution in [1.29, 1.82) is 0 Å². The summed E-state index contributed by atoms with van der Waals surface area (Å²) in [5.41, 5.74) is 0.915. The van der Waals surface area contributed by atoms with Gasteiger partial charge in [-0.15, -0.1) is 0 Å². The van der Waals surface area contributed by atoms with Gasteiger partial charge >= 0.3 is 0 Å². The second kappa shape index (κ2) is 4.78. The lowest BCUT2D eigenvalue weighted by Gasteiger charge is -2.42. The zero-order chi connectivity index (χ0) is 13.6. The van der Waals surface area contributed by atoms with Gasteiger partial charge in [-0.1, -0.05) is 12.8 Å². The Kier molecular flexibility index (Phi) is 3.25. The van der Waals surface area contributed by atoms with Crippen molar-refractivity contribution in [3.05, 3.63) is 16.7 Å². The molecule has 0 saturated heterocycles. The molecule has 0 radical (unpaired) electrons. The van der Waals surface area contributed by atoms with E-state index < -0.39 is 0 Å². The molecule has 1 aliphatic heterocycles. The fraction of sp³-hybridized carbons (Fsp3) is 0.571. The van der Waals surface area contributed by atoms with Crippen LogP contribution in [0.1, 0.15) is 32.6 Å². The van der Waals surface area contributed by atoms with E-state index in [0.717, 1.165) is 29.0 Å². The molecule has 0 spiro atoms. The number of aromatic nitrogens is 1. The number of hydrogen-bond donors (Lipinski definition) is 0. The molecule has 2 aliphatic rings. The van der Waals surface area contributed by atoms with Gasteiger partial charge in [-0.25, -0.2) is 4.98 Å². The van der Waals surface area contributed by atoms with Gasteiger partial charge in [0.05, 0.1) is 5.69 Å². The van der Waals surface area contributed by atoms with Gasteiger partial charge in [-0.05, 0) is 47.8 Å². The molecule has 0 aromatic carbocycles. The quantitative estimate of drug-likeness (QED) is 0.745. The van der Waals surface area contributed by atoms with Gasteiger partial charge in [-0.2, -0.15) is 0 Å². The molecule has 4 nitrogen and oxygen atoms in total. The summed E-state index contributed by atoms with van der Waals surface area (Å²) in [5, 5.41) is 0. The molecule has 1 amide bonds. The first-order valence-electron chi connectivity index (χ1n) is 6.82. The number of nitrogens with zero attached hydrogens (tertiary/aromatic N) is 3. The van der Waals surface area contributed by atoms with Crippen LogP contribution in [0.2, 0.25) is 0 Å². The minimum atomic E-state index is -0.123. The molecule has 1 unspecified atom stereocenters. The Morgan fingerprint density at radius 3 is 2.68 bits per heavy atom. The van der Waals surface area contributed by atoms with Crippen molar-refractivity contribution in [1.82, 2.24) is 4.98 Å². The van der Waals surface area contributed by atoms with Crippen LogP contribution in [0.5, 0.6) is 0 Å². The number of carbonyl (C=O) groups excluding carboxylic acids is 1. The van der Waals surface area contributed by atoms with Crippen molar-refractivity contribution in [3.63, 3.8) is 0 Å². The average molecular weight is 324 g/mol. The third-order valence-electron chi connectivity index (χ3n) is 4.25. The van der Waals surface area contributed by atoms with E-state index in [4.69, 9.17) is 0 Å². The van der Waals surface area contributed by atoms with Crippen molar-refractivity contribution >= 4 is 33.3 Å². The zero-order valence-corrected chi connectivity index (χ0v) is 12.9. The average Bonchev–Trinajstić information content (AvgIpc) is 2.90. The molecule has 0 bridgehead atoms. The van der Waals surface area contributed by atoms with E-state index in [2.05, 4.69) is 25.8 Å². The summed E-state index contributed by atoms with van der Waals surface area (Å²) in [6.45, 7) is 1.99. The molecule has 2 heterocycles. The highest BCUT2D eigenvalue weighted by molar-refractivity contribution is 9.10.